The molecule has 0 atom stereocenters. The summed E-state index contributed by atoms with van der Waals surface area (Å²) in [5.41, 5.74) is 3.19. The van der Waals surface area contributed by atoms with E-state index in [0.29, 0.717) is 33.9 Å². The minimum atomic E-state index is -0.491. The Hall–Kier alpha value is -4.24. The third-order valence-corrected chi connectivity index (χ3v) is 6.17. The summed E-state index contributed by atoms with van der Waals surface area (Å²) in [5, 5.41) is 5.49. The summed E-state index contributed by atoms with van der Waals surface area (Å²) in [4.78, 5) is 43.2. The van der Waals surface area contributed by atoms with Gasteiger partial charge in [-0.1, -0.05) is 34.1 Å². The number of Topliss-reactive ketones (excluding diaryl/α,β-unsaturated/α-hetero) is 1. The molecule has 0 saturated heterocycles. The minimum Gasteiger partial charge on any atom is -0.497 e. The van der Waals surface area contributed by atoms with Gasteiger partial charge in [0.25, 0.3) is 11.8 Å². The van der Waals surface area contributed by atoms with Crippen LogP contribution in [0.3, 0.4) is 0 Å². The fourth-order valence-corrected chi connectivity index (χ4v) is 4.43. The van der Waals surface area contributed by atoms with Crippen LogP contribution in [0, 0.1) is 6.92 Å². The van der Waals surface area contributed by atoms with E-state index in [1.165, 1.54) is 20.3 Å². The van der Waals surface area contributed by atoms with Gasteiger partial charge in [-0.2, -0.15) is 0 Å². The minimum absolute atomic E-state index is 0.00573. The number of hydrogen-bond acceptors (Lipinski definition) is 6. The van der Waals surface area contributed by atoms with Crippen LogP contribution in [0.4, 0.5) is 5.69 Å². The lowest BCUT2D eigenvalue weighted by Gasteiger charge is -2.12. The van der Waals surface area contributed by atoms with Crippen LogP contribution in [0.1, 0.15) is 27.0 Å². The molecule has 0 radical (unpaired) electrons. The zero-order chi connectivity index (χ0) is 26.5. The normalized spacial score (nSPS) is 13.7. The van der Waals surface area contributed by atoms with Crippen LogP contribution in [-0.4, -0.2) is 44.1 Å². The molecule has 1 aliphatic heterocycles. The highest BCUT2D eigenvalue weighted by Gasteiger charge is 2.28. The summed E-state index contributed by atoms with van der Waals surface area (Å²) >= 11 is 3.44. The van der Waals surface area contributed by atoms with Crippen molar-refractivity contribution < 1.29 is 23.9 Å². The number of aryl methyl sites for hydroxylation is 1. The number of rotatable bonds is 8. The number of ketones is 1. The maximum absolute atomic E-state index is 13.4. The molecule has 4 rings (SSSR count). The van der Waals surface area contributed by atoms with Crippen molar-refractivity contribution in [1.82, 2.24) is 5.32 Å². The first-order chi connectivity index (χ1) is 17.8. The highest BCUT2D eigenvalue weighted by molar-refractivity contribution is 9.10. The molecule has 188 valence electrons. The monoisotopic (exact) mass is 561 g/mol. The second-order valence-corrected chi connectivity index (χ2v) is 9.09. The van der Waals surface area contributed by atoms with Crippen molar-refractivity contribution in [2.45, 2.75) is 6.92 Å². The van der Waals surface area contributed by atoms with Crippen molar-refractivity contribution in [2.24, 2.45) is 4.99 Å². The lowest BCUT2D eigenvalue weighted by atomic mass is 10.1. The molecule has 1 heterocycles. The van der Waals surface area contributed by atoms with Gasteiger partial charge in [0.15, 0.2) is 5.78 Å². The van der Waals surface area contributed by atoms with E-state index < -0.39 is 17.6 Å². The highest BCUT2D eigenvalue weighted by atomic mass is 79.9. The van der Waals surface area contributed by atoms with Gasteiger partial charge in [0.05, 0.1) is 25.6 Å². The first-order valence-electron chi connectivity index (χ1n) is 11.3. The molecule has 0 unspecified atom stereocenters. The predicted octanol–water partition coefficient (Wildman–Crippen LogP) is 4.56. The van der Waals surface area contributed by atoms with E-state index in [2.05, 4.69) is 31.6 Å². The molecule has 2 N–H and O–H groups in total. The number of nitrogens with zero attached hydrogens (tertiary/aromatic N) is 1. The van der Waals surface area contributed by atoms with E-state index in [9.17, 15) is 14.4 Å². The van der Waals surface area contributed by atoms with Crippen molar-refractivity contribution in [2.75, 3.05) is 26.1 Å². The largest absolute Gasteiger partial charge is 0.497 e. The topological polar surface area (TPSA) is 106 Å². The van der Waals surface area contributed by atoms with E-state index in [-0.39, 0.29) is 18.0 Å². The van der Waals surface area contributed by atoms with Crippen molar-refractivity contribution in [3.63, 3.8) is 0 Å². The molecular formula is C28H24BrN3O5. The maximum atomic E-state index is 13.4. The van der Waals surface area contributed by atoms with Gasteiger partial charge in [-0.05, 0) is 61.0 Å². The molecule has 0 fully saturated rings. The Morgan fingerprint density at radius 3 is 2.51 bits per heavy atom. The lowest BCUT2D eigenvalue weighted by Crippen LogP contribution is -2.29. The third-order valence-electron chi connectivity index (χ3n) is 5.71. The van der Waals surface area contributed by atoms with Crippen LogP contribution in [0.25, 0.3) is 6.08 Å². The highest BCUT2D eigenvalue weighted by Crippen LogP contribution is 2.31. The number of hydrogen-bond donors (Lipinski definition) is 2. The summed E-state index contributed by atoms with van der Waals surface area (Å²) < 4.78 is 11.5. The number of nitrogens with one attached hydrogen (secondary N) is 2. The summed E-state index contributed by atoms with van der Waals surface area (Å²) in [5.74, 6) is -0.311. The Labute approximate surface area is 222 Å². The number of ether oxygens (including phenoxy) is 2. The lowest BCUT2D eigenvalue weighted by molar-refractivity contribution is -0.114. The Morgan fingerprint density at radius 2 is 1.81 bits per heavy atom. The van der Waals surface area contributed by atoms with Crippen LogP contribution in [-0.2, 0) is 9.59 Å². The molecule has 9 heteroatoms. The van der Waals surface area contributed by atoms with Gasteiger partial charge in [-0.25, -0.2) is 0 Å². The second kappa shape index (κ2) is 11.2. The number of anilines is 1. The first kappa shape index (κ1) is 25.8. The molecule has 37 heavy (non-hydrogen) atoms. The van der Waals surface area contributed by atoms with E-state index in [1.807, 2.05) is 13.0 Å². The van der Waals surface area contributed by atoms with Crippen LogP contribution >= 0.6 is 15.9 Å². The van der Waals surface area contributed by atoms with Crippen molar-refractivity contribution in [1.29, 1.82) is 0 Å². The Bertz CT molecular complexity index is 1450. The number of benzene rings is 3. The van der Waals surface area contributed by atoms with Gasteiger partial charge in [0, 0.05) is 21.2 Å². The molecule has 1 aliphatic rings. The average Bonchev–Trinajstić information content (AvgIpc) is 3.22. The van der Waals surface area contributed by atoms with Crippen molar-refractivity contribution in [3.8, 4) is 11.5 Å². The molecule has 2 amide bonds. The molecule has 3 aromatic rings. The number of carbonyl (C=O) groups is 3. The quantitative estimate of drug-likeness (QED) is 0.392. The number of halogens is 1. The third kappa shape index (κ3) is 5.78. The van der Waals surface area contributed by atoms with Gasteiger partial charge in [-0.15, -0.1) is 0 Å². The molecule has 0 spiro atoms. The molecule has 0 bridgehead atoms. The van der Waals surface area contributed by atoms with Gasteiger partial charge in [-0.3, -0.25) is 19.4 Å². The van der Waals surface area contributed by atoms with Crippen molar-refractivity contribution in [3.05, 3.63) is 93.1 Å². The van der Waals surface area contributed by atoms with Gasteiger partial charge < -0.3 is 20.1 Å². The number of carbonyl (C=O) groups excluding carboxylic acids is 3. The van der Waals surface area contributed by atoms with E-state index in [1.54, 1.807) is 54.6 Å². The Morgan fingerprint density at radius 1 is 1.05 bits per heavy atom. The van der Waals surface area contributed by atoms with Crippen LogP contribution in [0.15, 0.2) is 75.8 Å². The molecule has 0 aromatic heterocycles. The molecule has 0 aliphatic carbocycles. The second-order valence-electron chi connectivity index (χ2n) is 8.17. The van der Waals surface area contributed by atoms with Gasteiger partial charge >= 0.3 is 0 Å². The number of aliphatic imine (C=N–C) groups is 1. The molecule has 3 aromatic carbocycles. The first-order valence-corrected chi connectivity index (χ1v) is 12.1. The molecule has 8 nitrogen and oxygen atoms in total. The SMILES string of the molecule is COc1ccc(OC)c(/C=C(\NC(=O)c2ccccc2)C(=O)CN=C2C(=O)Nc3c(C)cc(Br)cc32)c1. The Balaban J connectivity index is 1.70. The fraction of sp³-hybridized carbons (Fsp3) is 0.143. The fourth-order valence-electron chi connectivity index (χ4n) is 3.86. The van der Waals surface area contributed by atoms with Crippen LogP contribution in [0.2, 0.25) is 0 Å². The predicted molar refractivity (Wildman–Crippen MR) is 145 cm³/mol. The Kier molecular flexibility index (Phi) is 7.83. The summed E-state index contributed by atoms with van der Waals surface area (Å²) in [6.07, 6.45) is 1.51. The number of amides is 2. The number of fused-ring (bicyclic) bond motifs is 1. The zero-order valence-corrected chi connectivity index (χ0v) is 22.0. The molecule has 0 saturated carbocycles. The molecular weight excluding hydrogens is 538 g/mol. The zero-order valence-electron chi connectivity index (χ0n) is 20.4. The van der Waals surface area contributed by atoms with E-state index >= 15 is 0 Å². The summed E-state index contributed by atoms with van der Waals surface area (Å²) in [6.45, 7) is 1.51. The smallest absolute Gasteiger partial charge is 0.274 e. The van der Waals surface area contributed by atoms with E-state index in [0.717, 1.165) is 10.0 Å². The van der Waals surface area contributed by atoms with Gasteiger partial charge in [0.2, 0.25) is 0 Å². The summed E-state index contributed by atoms with van der Waals surface area (Å²) in [6, 6.07) is 17.3. The van der Waals surface area contributed by atoms with E-state index in [4.69, 9.17) is 9.47 Å². The van der Waals surface area contributed by atoms with Gasteiger partial charge in [0.1, 0.15) is 23.8 Å². The van der Waals surface area contributed by atoms with Crippen LogP contribution < -0.4 is 20.1 Å². The maximum Gasteiger partial charge on any atom is 0.274 e. The van der Waals surface area contributed by atoms with Crippen LogP contribution in [0.5, 0.6) is 11.5 Å². The number of methoxy groups -OCH3 is 2. The van der Waals surface area contributed by atoms with Crippen molar-refractivity contribution >= 4 is 51.0 Å². The summed E-state index contributed by atoms with van der Waals surface area (Å²) in [7, 11) is 3.03. The average molecular weight is 562 g/mol. The standard InChI is InChI=1S/C28H24BrN3O5/c1-16-11-19(29)14-21-25(16)32-28(35)26(21)30-15-23(33)22(31-27(34)17-7-5-4-6-8-17)13-18-12-20(36-2)9-10-24(18)37-3/h4-14H,15H2,1-3H3,(H,31,34)(H,30,32,35)/b22-13-.